The van der Waals surface area contributed by atoms with Gasteiger partial charge >= 0.3 is 5.97 Å². The number of aliphatic imine (C=N–C) groups is 2. The van der Waals surface area contributed by atoms with Gasteiger partial charge in [-0.1, -0.05) is 13.8 Å². The number of H-pyrrole nitrogens is 1. The number of amides is 1. The molecule has 0 bridgehead atoms. The van der Waals surface area contributed by atoms with Gasteiger partial charge in [-0.2, -0.15) is 0 Å². The maximum absolute atomic E-state index is 12.6. The predicted molar refractivity (Wildman–Crippen MR) is 157 cm³/mol. The molecule has 0 aliphatic heterocycles. The van der Waals surface area contributed by atoms with Crippen molar-refractivity contribution in [2.75, 3.05) is 0 Å². The van der Waals surface area contributed by atoms with E-state index in [0.29, 0.717) is 28.8 Å². The third kappa shape index (κ3) is 7.56. The molecule has 0 aliphatic carbocycles. The monoisotopic (exact) mass is 571 g/mol. The number of benzene rings is 3. The van der Waals surface area contributed by atoms with Crippen molar-refractivity contribution in [3.63, 3.8) is 0 Å². The number of nitrogens with one attached hydrogen (secondary N) is 1. The summed E-state index contributed by atoms with van der Waals surface area (Å²) in [6.45, 7) is 3.95. The van der Waals surface area contributed by atoms with Gasteiger partial charge in [-0.25, -0.2) is 4.98 Å². The Morgan fingerprint density at radius 1 is 0.952 bits per heavy atom. The number of ether oxygens (including phenoxy) is 1. The molecule has 0 spiro atoms. The van der Waals surface area contributed by atoms with E-state index in [9.17, 15) is 29.7 Å². The summed E-state index contributed by atoms with van der Waals surface area (Å²) in [6.07, 6.45) is 2.79. The number of aromatic hydroxyl groups is 3. The lowest BCUT2D eigenvalue weighted by atomic mass is 10.1. The van der Waals surface area contributed by atoms with Crippen molar-refractivity contribution >= 4 is 46.7 Å². The first-order valence-corrected chi connectivity index (χ1v) is 13.0. The number of nitrogens with zero attached hydrogens (tertiary/aromatic N) is 3. The maximum atomic E-state index is 12.6. The van der Waals surface area contributed by atoms with E-state index in [1.165, 1.54) is 48.8 Å². The van der Waals surface area contributed by atoms with Gasteiger partial charge < -0.3 is 30.8 Å². The fourth-order valence-corrected chi connectivity index (χ4v) is 3.91. The molecule has 0 radical (unpaired) electrons. The molecular weight excluding hydrogens is 542 g/mol. The average Bonchev–Trinajstić information content (AvgIpc) is 2.93. The molecule has 1 aromatic heterocycles. The minimum atomic E-state index is -0.666. The number of fused-ring (bicyclic) bond motifs is 1. The molecule has 12 heteroatoms. The number of primary amides is 1. The fraction of sp³-hybridized carbons (Fsp3) is 0.200. The van der Waals surface area contributed by atoms with E-state index in [1.807, 2.05) is 13.8 Å². The van der Waals surface area contributed by atoms with Crippen molar-refractivity contribution in [2.45, 2.75) is 33.1 Å². The van der Waals surface area contributed by atoms with Gasteiger partial charge in [0.25, 0.3) is 5.56 Å². The SMILES string of the molecule is CC(C)Cc1nc2cc(N=Cc3cc(OC(=O)CCC(N)=O)ccc3O)c(N=Cc3cc(O)ccc3O)cc2[nH]c1=O. The highest BCUT2D eigenvalue weighted by atomic mass is 16.5. The number of aromatic amines is 1. The standard InChI is InChI=1S/C30H29N5O7/c1-16(2)9-25-30(41)35-24-13-22(32-14-17-10-19(36)3-5-26(17)37)21(12-23(24)34-25)33-15-18-11-20(4-6-27(18)38)42-29(40)8-7-28(31)39/h3-6,10-16,36-38H,7-9H2,1-2H3,(H2,31,39)(H,35,41). The topological polar surface area (TPSA) is 201 Å². The summed E-state index contributed by atoms with van der Waals surface area (Å²) >= 11 is 0. The summed E-state index contributed by atoms with van der Waals surface area (Å²) in [5, 5.41) is 30.3. The molecule has 0 atom stereocenters. The summed E-state index contributed by atoms with van der Waals surface area (Å²) in [5.41, 5.74) is 7.03. The van der Waals surface area contributed by atoms with Crippen LogP contribution in [0.4, 0.5) is 11.4 Å². The first-order valence-electron chi connectivity index (χ1n) is 13.0. The summed E-state index contributed by atoms with van der Waals surface area (Å²) in [6, 6.07) is 11.3. The summed E-state index contributed by atoms with van der Waals surface area (Å²) < 4.78 is 5.23. The molecule has 1 heterocycles. The molecule has 0 saturated heterocycles. The molecule has 4 rings (SSSR count). The van der Waals surface area contributed by atoms with E-state index in [1.54, 1.807) is 12.1 Å². The van der Waals surface area contributed by atoms with Gasteiger partial charge in [-0.05, 0) is 60.9 Å². The lowest BCUT2D eigenvalue weighted by molar-refractivity contribution is -0.136. The third-order valence-electron chi connectivity index (χ3n) is 5.96. The normalized spacial score (nSPS) is 11.6. The Labute approximate surface area is 239 Å². The van der Waals surface area contributed by atoms with Crippen molar-refractivity contribution in [1.82, 2.24) is 9.97 Å². The molecule has 12 nitrogen and oxygen atoms in total. The van der Waals surface area contributed by atoms with Crippen LogP contribution in [0.25, 0.3) is 11.0 Å². The minimum absolute atomic E-state index is 0.0668. The highest BCUT2D eigenvalue weighted by Crippen LogP contribution is 2.33. The number of phenols is 3. The molecule has 42 heavy (non-hydrogen) atoms. The zero-order valence-electron chi connectivity index (χ0n) is 22.9. The summed E-state index contributed by atoms with van der Waals surface area (Å²) in [4.78, 5) is 51.8. The van der Waals surface area contributed by atoms with Crippen LogP contribution in [0.2, 0.25) is 0 Å². The second-order valence-corrected chi connectivity index (χ2v) is 9.89. The first kappa shape index (κ1) is 29.5. The predicted octanol–water partition coefficient (Wildman–Crippen LogP) is 3.91. The van der Waals surface area contributed by atoms with Crippen LogP contribution in [0.3, 0.4) is 0 Å². The number of rotatable bonds is 10. The summed E-state index contributed by atoms with van der Waals surface area (Å²) in [7, 11) is 0. The van der Waals surface area contributed by atoms with E-state index < -0.39 is 11.9 Å². The third-order valence-corrected chi connectivity index (χ3v) is 5.96. The fourth-order valence-electron chi connectivity index (χ4n) is 3.91. The van der Waals surface area contributed by atoms with E-state index in [-0.39, 0.29) is 64.1 Å². The number of nitrogens with two attached hydrogens (primary N) is 1. The second-order valence-electron chi connectivity index (χ2n) is 9.89. The van der Waals surface area contributed by atoms with E-state index in [4.69, 9.17) is 10.5 Å². The van der Waals surface area contributed by atoms with E-state index in [2.05, 4.69) is 20.0 Å². The highest BCUT2D eigenvalue weighted by molar-refractivity contribution is 5.93. The van der Waals surface area contributed by atoms with Crippen molar-refractivity contribution in [2.24, 2.45) is 21.6 Å². The van der Waals surface area contributed by atoms with Crippen LogP contribution >= 0.6 is 0 Å². The van der Waals surface area contributed by atoms with Gasteiger partial charge in [0.1, 0.15) is 28.7 Å². The quantitative estimate of drug-likeness (QED) is 0.0816. The first-order chi connectivity index (χ1) is 20.0. The molecule has 1 amide bonds. The van der Waals surface area contributed by atoms with Crippen molar-refractivity contribution in [1.29, 1.82) is 0 Å². The molecule has 3 aromatic carbocycles. The van der Waals surface area contributed by atoms with Crippen LogP contribution < -0.4 is 16.0 Å². The molecular formula is C30H29N5O7. The van der Waals surface area contributed by atoms with Gasteiger partial charge in [-0.3, -0.25) is 24.4 Å². The van der Waals surface area contributed by atoms with Gasteiger partial charge in [0.15, 0.2) is 0 Å². The molecule has 0 saturated carbocycles. The Morgan fingerprint density at radius 2 is 1.60 bits per heavy atom. The number of phenolic OH excluding ortho intramolecular Hbond substituents is 3. The van der Waals surface area contributed by atoms with Crippen molar-refractivity contribution in [3.05, 3.63) is 75.7 Å². The Morgan fingerprint density at radius 3 is 2.26 bits per heavy atom. The maximum Gasteiger partial charge on any atom is 0.311 e. The van der Waals surface area contributed by atoms with Crippen LogP contribution in [0.5, 0.6) is 23.0 Å². The molecule has 4 aromatic rings. The number of aromatic nitrogens is 2. The van der Waals surface area contributed by atoms with Crippen LogP contribution in [0.15, 0.2) is 63.3 Å². The number of hydrogen-bond donors (Lipinski definition) is 5. The second kappa shape index (κ2) is 12.8. The highest BCUT2D eigenvalue weighted by Gasteiger charge is 2.12. The Bertz CT molecular complexity index is 1780. The number of hydrogen-bond acceptors (Lipinski definition) is 10. The van der Waals surface area contributed by atoms with Gasteiger partial charge in [-0.15, -0.1) is 0 Å². The van der Waals surface area contributed by atoms with Gasteiger partial charge in [0.05, 0.1) is 28.8 Å². The summed E-state index contributed by atoms with van der Waals surface area (Å²) in [5.74, 6) is -1.29. The molecule has 0 unspecified atom stereocenters. The van der Waals surface area contributed by atoms with Crippen LogP contribution in [0, 0.1) is 5.92 Å². The Balaban J connectivity index is 1.75. The Hall–Kier alpha value is -5.52. The van der Waals surface area contributed by atoms with E-state index >= 15 is 0 Å². The molecule has 6 N–H and O–H groups in total. The minimum Gasteiger partial charge on any atom is -0.508 e. The average molecular weight is 572 g/mol. The number of carbonyl (C=O) groups is 2. The Kier molecular flexibility index (Phi) is 8.96. The lowest BCUT2D eigenvalue weighted by Crippen LogP contribution is -2.17. The number of esters is 1. The molecule has 0 aliphatic rings. The van der Waals surface area contributed by atoms with Crippen molar-refractivity contribution < 1.29 is 29.6 Å². The lowest BCUT2D eigenvalue weighted by Gasteiger charge is -2.08. The van der Waals surface area contributed by atoms with Crippen LogP contribution in [-0.4, -0.2) is 49.6 Å². The zero-order chi connectivity index (χ0) is 30.4. The van der Waals surface area contributed by atoms with E-state index in [0.717, 1.165) is 0 Å². The van der Waals surface area contributed by atoms with Crippen LogP contribution in [0.1, 0.15) is 43.5 Å². The van der Waals surface area contributed by atoms with Crippen molar-refractivity contribution in [3.8, 4) is 23.0 Å². The van der Waals surface area contributed by atoms with Crippen LogP contribution in [-0.2, 0) is 16.0 Å². The van der Waals surface area contributed by atoms with Gasteiger partial charge in [0.2, 0.25) is 5.91 Å². The largest absolute Gasteiger partial charge is 0.508 e. The number of carbonyl (C=O) groups excluding carboxylic acids is 2. The smallest absolute Gasteiger partial charge is 0.311 e. The molecule has 216 valence electrons. The molecule has 0 fully saturated rings. The van der Waals surface area contributed by atoms with Gasteiger partial charge in [0, 0.05) is 30.0 Å². The zero-order valence-corrected chi connectivity index (χ0v) is 22.9.